The van der Waals surface area contributed by atoms with Gasteiger partial charge in [0.1, 0.15) is 0 Å². The van der Waals surface area contributed by atoms with Crippen molar-refractivity contribution in [2.75, 3.05) is 12.4 Å². The number of aromatic nitrogens is 2. The second kappa shape index (κ2) is 4.36. The number of rotatable bonds is 2. The lowest BCUT2D eigenvalue weighted by molar-refractivity contribution is 1.05. The van der Waals surface area contributed by atoms with E-state index < -0.39 is 0 Å². The number of halogens is 2. The van der Waals surface area contributed by atoms with E-state index >= 15 is 0 Å². The summed E-state index contributed by atoms with van der Waals surface area (Å²) in [6.07, 6.45) is 3.54. The number of hydrogen-bond acceptors (Lipinski definition) is 2. The molecule has 2 rings (SSSR count). The Kier molecular flexibility index (Phi) is 3.08. The molecule has 0 bridgehead atoms. The molecule has 0 spiro atoms. The van der Waals surface area contributed by atoms with Gasteiger partial charge in [-0.3, -0.25) is 4.57 Å². The monoisotopic (exact) mass is 255 g/mol. The van der Waals surface area contributed by atoms with Crippen LogP contribution in [0.1, 0.15) is 5.56 Å². The minimum atomic E-state index is 0.649. The van der Waals surface area contributed by atoms with Crippen LogP contribution in [-0.2, 0) is 0 Å². The minimum absolute atomic E-state index is 0.649. The summed E-state index contributed by atoms with van der Waals surface area (Å²) in [6, 6.07) is 3.68. The van der Waals surface area contributed by atoms with Crippen molar-refractivity contribution in [3.8, 4) is 5.69 Å². The fourth-order valence-corrected chi connectivity index (χ4v) is 1.97. The molecule has 0 saturated heterocycles. The summed E-state index contributed by atoms with van der Waals surface area (Å²) in [5.41, 5.74) is 1.78. The fraction of sp³-hybridized carbons (Fsp3) is 0.182. The van der Waals surface area contributed by atoms with E-state index in [1.165, 1.54) is 0 Å². The van der Waals surface area contributed by atoms with E-state index in [1.54, 1.807) is 6.20 Å². The lowest BCUT2D eigenvalue weighted by atomic mass is 10.2. The van der Waals surface area contributed by atoms with Crippen molar-refractivity contribution in [1.82, 2.24) is 9.55 Å². The second-order valence-corrected chi connectivity index (χ2v) is 4.24. The Morgan fingerprint density at radius 3 is 2.69 bits per heavy atom. The molecule has 0 saturated carbocycles. The Balaban J connectivity index is 2.60. The lowest BCUT2D eigenvalue weighted by Gasteiger charge is -2.10. The van der Waals surface area contributed by atoms with Crippen LogP contribution < -0.4 is 5.32 Å². The molecule has 1 N–H and O–H groups in total. The standard InChI is InChI=1S/C11H11Cl2N3/c1-7-5-9(13)10(6-8(7)12)16-4-3-15-11(16)14-2/h3-6H,1-2H3,(H,14,15). The topological polar surface area (TPSA) is 29.9 Å². The molecule has 3 nitrogen and oxygen atoms in total. The van der Waals surface area contributed by atoms with Gasteiger partial charge in [0.15, 0.2) is 0 Å². The Bertz CT molecular complexity index is 520. The molecule has 1 heterocycles. The van der Waals surface area contributed by atoms with Crippen LogP contribution in [0, 0.1) is 6.92 Å². The molecule has 0 aliphatic heterocycles. The van der Waals surface area contributed by atoms with E-state index in [1.807, 2.05) is 36.9 Å². The first kappa shape index (κ1) is 11.3. The van der Waals surface area contributed by atoms with Crippen molar-refractivity contribution in [3.63, 3.8) is 0 Å². The number of nitrogens with one attached hydrogen (secondary N) is 1. The molecule has 0 aliphatic rings. The number of nitrogens with zero attached hydrogens (tertiary/aromatic N) is 2. The maximum atomic E-state index is 6.19. The highest BCUT2D eigenvalue weighted by atomic mass is 35.5. The number of imidazole rings is 1. The molecule has 1 aromatic carbocycles. The second-order valence-electron chi connectivity index (χ2n) is 3.42. The molecule has 0 radical (unpaired) electrons. The number of hydrogen-bond donors (Lipinski definition) is 1. The van der Waals surface area contributed by atoms with Gasteiger partial charge in [-0.05, 0) is 24.6 Å². The summed E-state index contributed by atoms with van der Waals surface area (Å²) in [5.74, 6) is 0.724. The maximum absolute atomic E-state index is 6.19. The molecule has 0 fully saturated rings. The van der Waals surface area contributed by atoms with E-state index in [0.29, 0.717) is 10.0 Å². The van der Waals surface area contributed by atoms with Gasteiger partial charge in [-0.2, -0.15) is 0 Å². The molecule has 0 atom stereocenters. The smallest absolute Gasteiger partial charge is 0.207 e. The Morgan fingerprint density at radius 2 is 2.00 bits per heavy atom. The Labute approximate surface area is 104 Å². The molecule has 5 heteroatoms. The number of aryl methyl sites for hydroxylation is 1. The van der Waals surface area contributed by atoms with Crippen molar-refractivity contribution in [3.05, 3.63) is 40.1 Å². The first-order valence-electron chi connectivity index (χ1n) is 4.80. The van der Waals surface area contributed by atoms with Crippen LogP contribution >= 0.6 is 23.2 Å². The van der Waals surface area contributed by atoms with Gasteiger partial charge in [0.05, 0.1) is 10.7 Å². The highest BCUT2D eigenvalue weighted by Crippen LogP contribution is 2.29. The van der Waals surface area contributed by atoms with Gasteiger partial charge >= 0.3 is 0 Å². The molecular weight excluding hydrogens is 245 g/mol. The van der Waals surface area contributed by atoms with Crippen LogP contribution in [0.15, 0.2) is 24.5 Å². The van der Waals surface area contributed by atoms with Crippen LogP contribution in [0.3, 0.4) is 0 Å². The zero-order valence-electron chi connectivity index (χ0n) is 8.96. The summed E-state index contributed by atoms with van der Waals surface area (Å²) in [7, 11) is 1.81. The van der Waals surface area contributed by atoms with Gasteiger partial charge in [0.2, 0.25) is 5.95 Å². The van der Waals surface area contributed by atoms with Gasteiger partial charge in [-0.1, -0.05) is 23.2 Å². The summed E-state index contributed by atoms with van der Waals surface area (Å²) in [5, 5.41) is 4.32. The first-order chi connectivity index (χ1) is 7.63. The van der Waals surface area contributed by atoms with Gasteiger partial charge in [0.25, 0.3) is 0 Å². The highest BCUT2D eigenvalue weighted by molar-refractivity contribution is 6.35. The molecule has 1 aromatic heterocycles. The highest BCUT2D eigenvalue weighted by Gasteiger charge is 2.09. The number of anilines is 1. The molecule has 16 heavy (non-hydrogen) atoms. The molecule has 84 valence electrons. The molecular formula is C11H11Cl2N3. The van der Waals surface area contributed by atoms with Gasteiger partial charge in [0, 0.05) is 24.5 Å². The first-order valence-corrected chi connectivity index (χ1v) is 5.56. The van der Waals surface area contributed by atoms with Crippen LogP contribution in [-0.4, -0.2) is 16.6 Å². The summed E-state index contributed by atoms with van der Waals surface area (Å²) < 4.78 is 1.85. The molecule has 0 amide bonds. The van der Waals surface area contributed by atoms with Crippen molar-refractivity contribution in [2.45, 2.75) is 6.92 Å². The Morgan fingerprint density at radius 1 is 1.25 bits per heavy atom. The molecule has 0 aliphatic carbocycles. The summed E-state index contributed by atoms with van der Waals surface area (Å²) in [6.45, 7) is 1.92. The minimum Gasteiger partial charge on any atom is -0.358 e. The van der Waals surface area contributed by atoms with E-state index in [9.17, 15) is 0 Å². The van der Waals surface area contributed by atoms with Crippen molar-refractivity contribution < 1.29 is 0 Å². The normalized spacial score (nSPS) is 10.5. The van der Waals surface area contributed by atoms with Gasteiger partial charge in [-0.15, -0.1) is 0 Å². The van der Waals surface area contributed by atoms with E-state index in [0.717, 1.165) is 17.2 Å². The SMILES string of the molecule is CNc1nccn1-c1cc(Cl)c(C)cc1Cl. The fourth-order valence-electron chi connectivity index (χ4n) is 1.50. The predicted octanol–water partition coefficient (Wildman–Crippen LogP) is 3.53. The lowest BCUT2D eigenvalue weighted by Crippen LogP contribution is -2.01. The zero-order chi connectivity index (χ0) is 11.7. The van der Waals surface area contributed by atoms with E-state index in [2.05, 4.69) is 10.3 Å². The third kappa shape index (κ3) is 1.88. The van der Waals surface area contributed by atoms with Crippen molar-refractivity contribution >= 4 is 29.2 Å². The third-order valence-electron chi connectivity index (χ3n) is 2.35. The Hall–Kier alpha value is -1.19. The summed E-state index contributed by atoms with van der Waals surface area (Å²) >= 11 is 12.3. The summed E-state index contributed by atoms with van der Waals surface area (Å²) in [4.78, 5) is 4.15. The molecule has 0 unspecified atom stereocenters. The quantitative estimate of drug-likeness (QED) is 0.890. The van der Waals surface area contributed by atoms with Gasteiger partial charge in [-0.25, -0.2) is 4.98 Å². The largest absolute Gasteiger partial charge is 0.358 e. The van der Waals surface area contributed by atoms with Crippen LogP contribution in [0.4, 0.5) is 5.95 Å². The van der Waals surface area contributed by atoms with Crippen LogP contribution in [0.2, 0.25) is 10.0 Å². The average molecular weight is 256 g/mol. The number of benzene rings is 1. The maximum Gasteiger partial charge on any atom is 0.207 e. The van der Waals surface area contributed by atoms with Crippen molar-refractivity contribution in [2.24, 2.45) is 0 Å². The van der Waals surface area contributed by atoms with Crippen LogP contribution in [0.25, 0.3) is 5.69 Å². The van der Waals surface area contributed by atoms with Gasteiger partial charge < -0.3 is 5.32 Å². The van der Waals surface area contributed by atoms with E-state index in [4.69, 9.17) is 23.2 Å². The van der Waals surface area contributed by atoms with Crippen LogP contribution in [0.5, 0.6) is 0 Å². The predicted molar refractivity (Wildman–Crippen MR) is 67.9 cm³/mol. The molecule has 2 aromatic rings. The van der Waals surface area contributed by atoms with Crippen molar-refractivity contribution in [1.29, 1.82) is 0 Å². The third-order valence-corrected chi connectivity index (χ3v) is 3.06. The average Bonchev–Trinajstić information content (AvgIpc) is 2.71. The van der Waals surface area contributed by atoms with E-state index in [-0.39, 0.29) is 0 Å². The zero-order valence-corrected chi connectivity index (χ0v) is 10.5.